The lowest BCUT2D eigenvalue weighted by Gasteiger charge is -2.30. The molecule has 4 nitrogen and oxygen atoms in total. The van der Waals surface area contributed by atoms with Crippen molar-refractivity contribution in [3.05, 3.63) is 205 Å². The summed E-state index contributed by atoms with van der Waals surface area (Å²) in [7, 11) is 0. The molecule has 2 aliphatic rings. The van der Waals surface area contributed by atoms with E-state index in [2.05, 4.69) is 216 Å². The first-order valence-electron chi connectivity index (χ1n) is 22.7. The molecular formula is C61H38N4. The first-order valence-corrected chi connectivity index (χ1v) is 22.7. The number of nitrogens with zero attached hydrogens (tertiary/aromatic N) is 4. The maximum atomic E-state index is 5.62. The molecule has 15 rings (SSSR count). The van der Waals surface area contributed by atoms with Gasteiger partial charge in [-0.1, -0.05) is 146 Å². The van der Waals surface area contributed by atoms with E-state index < -0.39 is 0 Å². The van der Waals surface area contributed by atoms with Gasteiger partial charge in [-0.3, -0.25) is 4.57 Å². The lowest BCUT2D eigenvalue weighted by atomic mass is 9.74. The van der Waals surface area contributed by atoms with Crippen LogP contribution in [0.2, 0.25) is 0 Å². The molecule has 0 fully saturated rings. The van der Waals surface area contributed by atoms with Gasteiger partial charge in [0.25, 0.3) is 0 Å². The zero-order valence-electron chi connectivity index (χ0n) is 35.5. The van der Waals surface area contributed by atoms with Crippen molar-refractivity contribution < 1.29 is 0 Å². The van der Waals surface area contributed by atoms with Crippen molar-refractivity contribution in [1.82, 2.24) is 19.1 Å². The average molecular weight is 827 g/mol. The predicted molar refractivity (Wildman–Crippen MR) is 273 cm³/mol. The topological polar surface area (TPSA) is 35.6 Å². The number of aromatic nitrogens is 4. The number of benzene rings is 10. The maximum Gasteiger partial charge on any atom is 0.235 e. The quantitative estimate of drug-likeness (QED) is 0.166. The third kappa shape index (κ3) is 4.86. The highest BCUT2D eigenvalue weighted by Crippen LogP contribution is 2.47. The molecule has 0 saturated heterocycles. The van der Waals surface area contributed by atoms with Crippen LogP contribution in [-0.2, 0) is 0 Å². The Labute approximate surface area is 374 Å². The fraction of sp³-hybridized carbons (Fsp3) is 0.0492. The van der Waals surface area contributed by atoms with Crippen molar-refractivity contribution in [2.24, 2.45) is 5.92 Å². The molecule has 10 aromatic carbocycles. The van der Waals surface area contributed by atoms with Crippen LogP contribution in [0, 0.1) is 5.92 Å². The van der Waals surface area contributed by atoms with Gasteiger partial charge in [0, 0.05) is 44.3 Å². The van der Waals surface area contributed by atoms with Crippen LogP contribution in [0.15, 0.2) is 188 Å². The highest BCUT2D eigenvalue weighted by Gasteiger charge is 2.28. The Morgan fingerprint density at radius 2 is 1.03 bits per heavy atom. The molecule has 13 aromatic rings. The molecule has 2 atom stereocenters. The van der Waals surface area contributed by atoms with Crippen LogP contribution in [0.25, 0.3) is 133 Å². The van der Waals surface area contributed by atoms with E-state index in [1.54, 1.807) is 0 Å². The van der Waals surface area contributed by atoms with Crippen LogP contribution in [0.4, 0.5) is 0 Å². The molecule has 0 N–H and O–H groups in total. The lowest BCUT2D eigenvalue weighted by Crippen LogP contribution is -2.13. The highest BCUT2D eigenvalue weighted by molar-refractivity contribution is 6.26. The predicted octanol–water partition coefficient (Wildman–Crippen LogP) is 15.8. The van der Waals surface area contributed by atoms with Crippen LogP contribution in [0.3, 0.4) is 0 Å². The molecule has 2 unspecified atom stereocenters. The molecule has 3 aromatic heterocycles. The van der Waals surface area contributed by atoms with E-state index in [0.29, 0.717) is 17.8 Å². The van der Waals surface area contributed by atoms with Crippen molar-refractivity contribution in [2.45, 2.75) is 12.8 Å². The minimum Gasteiger partial charge on any atom is -0.309 e. The Kier molecular flexibility index (Phi) is 6.96. The largest absolute Gasteiger partial charge is 0.309 e. The lowest BCUT2D eigenvalue weighted by molar-refractivity contribution is 0.640. The third-order valence-corrected chi connectivity index (χ3v) is 14.6. The summed E-state index contributed by atoms with van der Waals surface area (Å²) in [5, 5.41) is 14.9. The molecule has 0 amide bonds. The number of para-hydroxylation sites is 3. The van der Waals surface area contributed by atoms with Crippen molar-refractivity contribution in [2.75, 3.05) is 0 Å². The molecule has 3 heterocycles. The number of fused-ring (bicyclic) bond motifs is 7. The number of rotatable bonds is 4. The normalized spacial score (nSPS) is 15.6. The molecule has 0 spiro atoms. The zero-order chi connectivity index (χ0) is 42.5. The van der Waals surface area contributed by atoms with E-state index in [-0.39, 0.29) is 0 Å². The van der Waals surface area contributed by atoms with Gasteiger partial charge >= 0.3 is 0 Å². The SMILES string of the molecule is CC1C=Cc2ccc3cc(-c4cc(-c5cc6ccc7cccc8ccc(c5)c6c78)nc(-n5c6ccccc6c6c5ccc5c7ccccc7n(-c7ccccc7)c56)n4)cc4c3c2C1C=C4. The van der Waals surface area contributed by atoms with Crippen molar-refractivity contribution >= 4 is 98.9 Å². The Morgan fingerprint density at radius 1 is 0.415 bits per heavy atom. The van der Waals surface area contributed by atoms with E-state index >= 15 is 0 Å². The van der Waals surface area contributed by atoms with Crippen LogP contribution in [0.1, 0.15) is 29.5 Å². The van der Waals surface area contributed by atoms with Gasteiger partial charge in [-0.25, -0.2) is 9.97 Å². The van der Waals surface area contributed by atoms with Crippen LogP contribution >= 0.6 is 0 Å². The van der Waals surface area contributed by atoms with Gasteiger partial charge < -0.3 is 4.57 Å². The van der Waals surface area contributed by atoms with Gasteiger partial charge in [0.2, 0.25) is 5.95 Å². The van der Waals surface area contributed by atoms with Gasteiger partial charge in [-0.05, 0) is 126 Å². The molecular weight excluding hydrogens is 789 g/mol. The molecule has 4 heteroatoms. The summed E-state index contributed by atoms with van der Waals surface area (Å²) in [4.78, 5) is 11.2. The second-order valence-electron chi connectivity index (χ2n) is 18.2. The summed E-state index contributed by atoms with van der Waals surface area (Å²) in [5.41, 5.74) is 13.5. The maximum absolute atomic E-state index is 5.62. The van der Waals surface area contributed by atoms with Gasteiger partial charge in [-0.2, -0.15) is 0 Å². The summed E-state index contributed by atoms with van der Waals surface area (Å²) in [6.07, 6.45) is 9.41. The van der Waals surface area contributed by atoms with Crippen LogP contribution in [0.5, 0.6) is 0 Å². The summed E-state index contributed by atoms with van der Waals surface area (Å²) < 4.78 is 4.73. The summed E-state index contributed by atoms with van der Waals surface area (Å²) in [6, 6.07) is 64.7. The van der Waals surface area contributed by atoms with Gasteiger partial charge in [0.15, 0.2) is 0 Å². The Hall–Kier alpha value is -8.34. The summed E-state index contributed by atoms with van der Waals surface area (Å²) >= 11 is 0. The zero-order valence-corrected chi connectivity index (χ0v) is 35.5. The van der Waals surface area contributed by atoms with Gasteiger partial charge in [-0.15, -0.1) is 0 Å². The Balaban J connectivity index is 1.03. The van der Waals surface area contributed by atoms with E-state index in [9.17, 15) is 0 Å². The standard InChI is InChI=1S/C61H38N4/c1-35-18-19-38-22-25-41-32-44(33-42-26-27-46(35)58(38)57(41)42)51-34-50(43-30-39-23-20-36-10-9-11-37-21-24-40(31-43)56(39)55(36)37)62-61(63-51)65-53-17-8-6-15-49(53)59-54(65)29-28-48-47-14-5-7-16-52(47)64(60(48)59)45-12-3-2-4-13-45/h2-35,46H,1H3. The number of hydrogen-bond donors (Lipinski definition) is 0. The molecule has 2 aliphatic carbocycles. The minimum absolute atomic E-state index is 0.382. The fourth-order valence-electron chi connectivity index (χ4n) is 11.7. The van der Waals surface area contributed by atoms with E-state index in [1.165, 1.54) is 87.0 Å². The van der Waals surface area contributed by atoms with Crippen LogP contribution < -0.4 is 0 Å². The number of hydrogen-bond acceptors (Lipinski definition) is 2. The average Bonchev–Trinajstić information content (AvgIpc) is 3.88. The van der Waals surface area contributed by atoms with E-state index in [1.807, 2.05) is 0 Å². The van der Waals surface area contributed by atoms with Crippen molar-refractivity contribution in [3.8, 4) is 34.2 Å². The molecule has 0 radical (unpaired) electrons. The van der Waals surface area contributed by atoms with E-state index in [4.69, 9.17) is 9.97 Å². The van der Waals surface area contributed by atoms with Crippen molar-refractivity contribution in [3.63, 3.8) is 0 Å². The summed E-state index contributed by atoms with van der Waals surface area (Å²) in [6.45, 7) is 2.33. The minimum atomic E-state index is 0.382. The fourth-order valence-corrected chi connectivity index (χ4v) is 11.7. The Bertz CT molecular complexity index is 4200. The van der Waals surface area contributed by atoms with E-state index in [0.717, 1.165) is 44.6 Å². The van der Waals surface area contributed by atoms with Gasteiger partial charge in [0.1, 0.15) is 0 Å². The second-order valence-corrected chi connectivity index (χ2v) is 18.2. The first kappa shape index (κ1) is 35.2. The first-order chi connectivity index (χ1) is 32.1. The van der Waals surface area contributed by atoms with Gasteiger partial charge in [0.05, 0.1) is 33.5 Å². The highest BCUT2D eigenvalue weighted by atomic mass is 15.2. The Morgan fingerprint density at radius 3 is 1.80 bits per heavy atom. The molecule has 65 heavy (non-hydrogen) atoms. The smallest absolute Gasteiger partial charge is 0.235 e. The third-order valence-electron chi connectivity index (χ3n) is 14.6. The van der Waals surface area contributed by atoms with Crippen LogP contribution in [-0.4, -0.2) is 19.1 Å². The monoisotopic (exact) mass is 826 g/mol. The molecule has 0 saturated carbocycles. The molecule has 0 aliphatic heterocycles. The van der Waals surface area contributed by atoms with Crippen molar-refractivity contribution in [1.29, 1.82) is 0 Å². The number of allylic oxidation sites excluding steroid dienone is 2. The molecule has 302 valence electrons. The summed E-state index contributed by atoms with van der Waals surface area (Å²) in [5.74, 6) is 1.48. The molecule has 0 bridgehead atoms. The second kappa shape index (κ2) is 12.9.